The Kier molecular flexibility index (Phi) is 9.71. The summed E-state index contributed by atoms with van der Waals surface area (Å²) >= 11 is 1.51. The fourth-order valence-corrected chi connectivity index (χ4v) is 9.47. The molecule has 1 saturated heterocycles. The van der Waals surface area contributed by atoms with Gasteiger partial charge >= 0.3 is 6.03 Å². The number of fused-ring (bicyclic) bond motifs is 3. The van der Waals surface area contributed by atoms with E-state index in [1.54, 1.807) is 26.0 Å². The molecule has 4 heterocycles. The maximum Gasteiger partial charge on any atom is 0.319 e. The first kappa shape index (κ1) is 37.1. The predicted molar refractivity (Wildman–Crippen MR) is 202 cm³/mol. The van der Waals surface area contributed by atoms with Gasteiger partial charge in [0.2, 0.25) is 15.9 Å². The second-order valence-electron chi connectivity index (χ2n) is 15.4. The first-order valence-corrected chi connectivity index (χ1v) is 20.7. The van der Waals surface area contributed by atoms with Crippen molar-refractivity contribution >= 4 is 50.1 Å². The number of sulfonamides is 1. The van der Waals surface area contributed by atoms with E-state index in [-0.39, 0.29) is 30.8 Å². The van der Waals surface area contributed by atoms with Crippen molar-refractivity contribution in [3.63, 3.8) is 0 Å². The molecular formula is C38H48N6O7S2. The fraction of sp³-hybridized carbons (Fsp3) is 0.553. The third-order valence-corrected chi connectivity index (χ3v) is 14.4. The van der Waals surface area contributed by atoms with E-state index >= 15 is 0 Å². The zero-order valence-electron chi connectivity index (χ0n) is 31.1. The summed E-state index contributed by atoms with van der Waals surface area (Å²) < 4.78 is 39.6. The zero-order valence-corrected chi connectivity index (χ0v) is 32.7. The summed E-state index contributed by atoms with van der Waals surface area (Å²) in [5.74, 6) is 0.167. The maximum absolute atomic E-state index is 14.3. The van der Waals surface area contributed by atoms with Crippen molar-refractivity contribution in [3.05, 3.63) is 47.0 Å². The smallest absolute Gasteiger partial charge is 0.319 e. The molecule has 15 heteroatoms. The number of carbonyl (C=O) groups excluding carboxylic acids is 3. The second kappa shape index (κ2) is 13.9. The number of pyridine rings is 1. The van der Waals surface area contributed by atoms with Crippen LogP contribution in [0.25, 0.3) is 21.6 Å². The maximum atomic E-state index is 14.3. The minimum atomic E-state index is -3.94. The van der Waals surface area contributed by atoms with Crippen molar-refractivity contribution in [2.24, 2.45) is 5.92 Å². The molecule has 0 radical (unpaired) electrons. The molecule has 7 rings (SSSR count). The molecule has 2 aromatic heterocycles. The number of hydrogen-bond donors (Lipinski definition) is 2. The Balaban J connectivity index is 1.18. The molecule has 0 unspecified atom stereocenters. The molecule has 2 aliphatic heterocycles. The lowest BCUT2D eigenvalue weighted by Crippen LogP contribution is -2.69. The number of likely N-dealkylation sites (N-methyl/N-ethyl adjacent to an activating group) is 1. The molecule has 53 heavy (non-hydrogen) atoms. The summed E-state index contributed by atoms with van der Waals surface area (Å²) in [6.45, 7) is 8.35. The predicted octanol–water partition coefficient (Wildman–Crippen LogP) is 5.29. The quantitative estimate of drug-likeness (QED) is 0.276. The van der Waals surface area contributed by atoms with E-state index in [9.17, 15) is 22.8 Å². The largest absolute Gasteiger partial charge is 0.496 e. The SMILES string of the molecule is COc1ccc2c(OC[C@@H]3C[C@H]4C(=O)N(C)CCCC/C=C/[C@@H]5C[C@@]5(C(=O)NS(=O)(=O)C5(C)CC5)NC(=O)N34)cc(-c3nc(C(C)C)cs3)nc2c1C. The Hall–Kier alpha value is -4.24. The number of aryl methyl sites for hydroxylation is 1. The Morgan fingerprint density at radius 3 is 2.64 bits per heavy atom. The lowest BCUT2D eigenvalue weighted by molar-refractivity contribution is -0.142. The minimum Gasteiger partial charge on any atom is -0.496 e. The van der Waals surface area contributed by atoms with E-state index in [1.807, 2.05) is 42.7 Å². The van der Waals surface area contributed by atoms with Crippen molar-refractivity contribution < 1.29 is 32.3 Å². The Bertz CT molecular complexity index is 2090. The van der Waals surface area contributed by atoms with Gasteiger partial charge in [-0.05, 0) is 70.4 Å². The number of hydrogen-bond acceptors (Lipinski definition) is 10. The second-order valence-corrected chi connectivity index (χ2v) is 18.5. The highest BCUT2D eigenvalue weighted by molar-refractivity contribution is 7.91. The number of benzene rings is 1. The van der Waals surface area contributed by atoms with E-state index in [1.165, 1.54) is 16.2 Å². The van der Waals surface area contributed by atoms with Crippen molar-refractivity contribution in [3.8, 4) is 22.2 Å². The number of aromatic nitrogens is 2. The molecule has 2 N–H and O–H groups in total. The molecule has 3 aromatic rings. The number of allylic oxidation sites excluding steroid dienone is 1. The van der Waals surface area contributed by atoms with Gasteiger partial charge in [-0.15, -0.1) is 11.3 Å². The number of rotatable bonds is 9. The van der Waals surface area contributed by atoms with Gasteiger partial charge in [0, 0.05) is 48.3 Å². The van der Waals surface area contributed by atoms with Gasteiger partial charge in [0.1, 0.15) is 40.4 Å². The monoisotopic (exact) mass is 764 g/mol. The average molecular weight is 765 g/mol. The summed E-state index contributed by atoms with van der Waals surface area (Å²) in [7, 11) is -0.586. The van der Waals surface area contributed by atoms with E-state index in [0.29, 0.717) is 48.5 Å². The summed E-state index contributed by atoms with van der Waals surface area (Å²) in [5, 5.41) is 6.45. The van der Waals surface area contributed by atoms with Crippen LogP contribution < -0.4 is 19.5 Å². The molecule has 0 spiro atoms. The van der Waals surface area contributed by atoms with Gasteiger partial charge in [-0.2, -0.15) is 0 Å². The van der Waals surface area contributed by atoms with Crippen molar-refractivity contribution in [2.45, 2.75) is 101 Å². The van der Waals surface area contributed by atoms with E-state index in [0.717, 1.165) is 40.9 Å². The number of nitrogens with zero attached hydrogens (tertiary/aromatic N) is 4. The fourth-order valence-electron chi connectivity index (χ4n) is 7.22. The van der Waals surface area contributed by atoms with Crippen LogP contribution in [-0.4, -0.2) is 95.7 Å². The van der Waals surface area contributed by atoms with Gasteiger partial charge < -0.3 is 24.6 Å². The first-order valence-electron chi connectivity index (χ1n) is 18.3. The lowest BCUT2D eigenvalue weighted by Gasteiger charge is -2.48. The summed E-state index contributed by atoms with van der Waals surface area (Å²) in [6.07, 6.45) is 7.79. The van der Waals surface area contributed by atoms with E-state index < -0.39 is 44.3 Å². The molecule has 2 aliphatic carbocycles. The van der Waals surface area contributed by atoms with E-state index in [2.05, 4.69) is 23.9 Å². The molecule has 13 nitrogen and oxygen atoms in total. The van der Waals surface area contributed by atoms with Crippen LogP contribution in [0.4, 0.5) is 4.79 Å². The zero-order chi connectivity index (χ0) is 37.9. The number of nitrogens with one attached hydrogen (secondary N) is 2. The van der Waals surface area contributed by atoms with Crippen molar-refractivity contribution in [1.29, 1.82) is 0 Å². The van der Waals surface area contributed by atoms with Crippen LogP contribution in [0.15, 0.2) is 35.7 Å². The highest BCUT2D eigenvalue weighted by Gasteiger charge is 2.63. The van der Waals surface area contributed by atoms with E-state index in [4.69, 9.17) is 19.4 Å². The Morgan fingerprint density at radius 2 is 1.94 bits per heavy atom. The summed E-state index contributed by atoms with van der Waals surface area (Å²) in [5.41, 5.74) is 1.72. The summed E-state index contributed by atoms with van der Waals surface area (Å²) in [4.78, 5) is 54.7. The summed E-state index contributed by atoms with van der Waals surface area (Å²) in [6, 6.07) is 3.73. The molecule has 2 saturated carbocycles. The third kappa shape index (κ3) is 6.86. The highest BCUT2D eigenvalue weighted by atomic mass is 32.2. The van der Waals surface area contributed by atoms with Crippen LogP contribution in [0.2, 0.25) is 0 Å². The third-order valence-electron chi connectivity index (χ3n) is 11.3. The van der Waals surface area contributed by atoms with Crippen molar-refractivity contribution in [1.82, 2.24) is 29.8 Å². The van der Waals surface area contributed by atoms with Gasteiger partial charge in [0.05, 0.1) is 29.1 Å². The van der Waals surface area contributed by atoms with Crippen molar-refractivity contribution in [2.75, 3.05) is 27.3 Å². The molecule has 3 fully saturated rings. The Labute approximate surface area is 314 Å². The number of methoxy groups -OCH3 is 1. The van der Waals surface area contributed by atoms with Crippen LogP contribution in [0.1, 0.15) is 82.9 Å². The van der Waals surface area contributed by atoms with Gasteiger partial charge in [-0.3, -0.25) is 14.3 Å². The highest BCUT2D eigenvalue weighted by Crippen LogP contribution is 2.48. The first-order chi connectivity index (χ1) is 25.2. The molecular weight excluding hydrogens is 717 g/mol. The van der Waals surface area contributed by atoms with Gasteiger partial charge in [0.15, 0.2) is 0 Å². The average Bonchev–Trinajstić information content (AvgIpc) is 3.96. The van der Waals surface area contributed by atoms with Crippen LogP contribution in [0, 0.1) is 12.8 Å². The standard InChI is InChI=1S/C38H48N6O7S2/c1-22(2)28-21-52-33(40-28)27-18-31(26-12-13-30(50-6)23(3)32(26)39-27)51-20-25-17-29-34(45)43(5)16-10-8-7-9-11-24-19-38(24,41-36(47)44(25)29)35(46)42-53(48,49)37(4)14-15-37/h9,11-13,18,21-22,24-25,29H,7-8,10,14-17,19-20H2,1-6H3,(H,41,47)(H,42,46)/b11-9+/t24-,25+,29+,38-/m1/s1. The number of carbonyl (C=O) groups is 3. The minimum absolute atomic E-state index is 0.0644. The topological polar surface area (TPSA) is 160 Å². The van der Waals surface area contributed by atoms with Crippen LogP contribution in [0.3, 0.4) is 0 Å². The van der Waals surface area contributed by atoms with Crippen LogP contribution >= 0.6 is 11.3 Å². The molecule has 4 aliphatic rings. The number of amides is 4. The van der Waals surface area contributed by atoms with Gasteiger partial charge in [0.25, 0.3) is 5.91 Å². The van der Waals surface area contributed by atoms with Gasteiger partial charge in [-0.25, -0.2) is 23.2 Å². The molecule has 284 valence electrons. The number of urea groups is 1. The van der Waals surface area contributed by atoms with Crippen LogP contribution in [0.5, 0.6) is 11.5 Å². The number of ether oxygens (including phenoxy) is 2. The molecule has 1 aromatic carbocycles. The molecule has 4 amide bonds. The molecule has 4 atom stereocenters. The number of thiazole rings is 1. The Morgan fingerprint density at radius 1 is 1.17 bits per heavy atom. The molecule has 0 bridgehead atoms. The lowest BCUT2D eigenvalue weighted by atomic mass is 9.92. The van der Waals surface area contributed by atoms with Gasteiger partial charge in [-0.1, -0.05) is 26.0 Å². The van der Waals surface area contributed by atoms with Crippen LogP contribution in [-0.2, 0) is 19.6 Å². The normalized spacial score (nSPS) is 26.1.